The van der Waals surface area contributed by atoms with Crippen LogP contribution in [-0.2, 0) is 6.42 Å². The number of fused-ring (bicyclic) bond motifs is 2. The fraction of sp³-hybridized carbons (Fsp3) is 0.167. The van der Waals surface area contributed by atoms with Gasteiger partial charge in [0.2, 0.25) is 5.95 Å². The lowest BCUT2D eigenvalue weighted by molar-refractivity contribution is 0.102. The number of H-pyrrole nitrogens is 1. The maximum atomic E-state index is 14.1. The highest BCUT2D eigenvalue weighted by Gasteiger charge is 2.17. The minimum absolute atomic E-state index is 0.205. The van der Waals surface area contributed by atoms with Crippen LogP contribution in [0.25, 0.3) is 22.0 Å². The molecule has 0 fully saturated rings. The second-order valence-electron chi connectivity index (χ2n) is 7.63. The predicted octanol–water partition coefficient (Wildman–Crippen LogP) is 5.00. The van der Waals surface area contributed by atoms with Crippen LogP contribution in [0.1, 0.15) is 22.3 Å². The van der Waals surface area contributed by atoms with Gasteiger partial charge in [-0.25, -0.2) is 4.98 Å². The van der Waals surface area contributed by atoms with Crippen LogP contribution in [0.2, 0.25) is 0 Å². The van der Waals surface area contributed by atoms with E-state index in [0.717, 1.165) is 41.7 Å². The van der Waals surface area contributed by atoms with Crippen molar-refractivity contribution in [3.8, 4) is 11.1 Å². The highest BCUT2D eigenvalue weighted by Crippen LogP contribution is 2.30. The minimum Gasteiger partial charge on any atom is -0.374 e. The van der Waals surface area contributed by atoms with Gasteiger partial charge >= 0.3 is 0 Å². The van der Waals surface area contributed by atoms with Crippen molar-refractivity contribution in [2.45, 2.75) is 12.8 Å². The summed E-state index contributed by atoms with van der Waals surface area (Å²) in [4.78, 5) is 22.1. The average Bonchev–Trinajstić information content (AvgIpc) is 3.18. The third-order valence-corrected chi connectivity index (χ3v) is 5.69. The fourth-order valence-electron chi connectivity index (χ4n) is 4.11. The zero-order valence-electron chi connectivity index (χ0n) is 16.6. The summed E-state index contributed by atoms with van der Waals surface area (Å²) in [6.45, 7) is 1.01. The molecule has 4 aromatic rings. The standard InChI is InChI=1S/C24H21FN4O/c1-29-11-3-4-15-6-8-17(13-22(15)29)28-24(30)20-14-27-21-9-7-16(12-19(20)21)18-5-2-10-26-23(18)25/h2,5-10,12-14,27H,3-4,11H2,1H3,(H,28,30). The number of hydrogen-bond acceptors (Lipinski definition) is 3. The number of aromatic amines is 1. The van der Waals surface area contributed by atoms with E-state index in [1.807, 2.05) is 30.3 Å². The molecule has 0 spiro atoms. The molecule has 3 heterocycles. The molecule has 0 saturated heterocycles. The Labute approximate surface area is 173 Å². The lowest BCUT2D eigenvalue weighted by Gasteiger charge is -2.28. The number of nitrogens with zero attached hydrogens (tertiary/aromatic N) is 2. The molecule has 2 aromatic carbocycles. The van der Waals surface area contributed by atoms with Gasteiger partial charge < -0.3 is 15.2 Å². The van der Waals surface area contributed by atoms with E-state index in [1.165, 1.54) is 11.8 Å². The number of pyridine rings is 1. The highest BCUT2D eigenvalue weighted by atomic mass is 19.1. The zero-order chi connectivity index (χ0) is 20.7. The molecule has 1 aliphatic heterocycles. The van der Waals surface area contributed by atoms with Gasteiger partial charge in [0.1, 0.15) is 0 Å². The van der Waals surface area contributed by atoms with E-state index in [0.29, 0.717) is 16.7 Å². The third kappa shape index (κ3) is 3.20. The number of amides is 1. The SMILES string of the molecule is CN1CCCc2ccc(NC(=O)c3c[nH]c4ccc(-c5cccnc5F)cc34)cc21. The van der Waals surface area contributed by atoms with Crippen LogP contribution in [-0.4, -0.2) is 29.5 Å². The van der Waals surface area contributed by atoms with Crippen molar-refractivity contribution in [3.05, 3.63) is 78.0 Å². The molecule has 5 nitrogen and oxygen atoms in total. The number of carbonyl (C=O) groups is 1. The number of carbonyl (C=O) groups excluding carboxylic acids is 1. The molecule has 1 aliphatic rings. The number of hydrogen-bond donors (Lipinski definition) is 2. The van der Waals surface area contributed by atoms with Crippen LogP contribution >= 0.6 is 0 Å². The lowest BCUT2D eigenvalue weighted by Crippen LogP contribution is -2.24. The normalized spacial score (nSPS) is 13.3. The minimum atomic E-state index is -0.531. The van der Waals surface area contributed by atoms with Crippen molar-refractivity contribution in [2.75, 3.05) is 23.8 Å². The Morgan fingerprint density at radius 2 is 2.10 bits per heavy atom. The molecule has 1 amide bonds. The van der Waals surface area contributed by atoms with E-state index in [-0.39, 0.29) is 5.91 Å². The van der Waals surface area contributed by atoms with Gasteiger partial charge in [0.15, 0.2) is 0 Å². The van der Waals surface area contributed by atoms with Crippen molar-refractivity contribution in [1.82, 2.24) is 9.97 Å². The number of rotatable bonds is 3. The quantitative estimate of drug-likeness (QED) is 0.476. The molecule has 0 radical (unpaired) electrons. The van der Waals surface area contributed by atoms with Gasteiger partial charge in [-0.05, 0) is 60.4 Å². The van der Waals surface area contributed by atoms with Gasteiger partial charge in [0.05, 0.1) is 5.56 Å². The van der Waals surface area contributed by atoms with Crippen molar-refractivity contribution in [2.24, 2.45) is 0 Å². The number of halogens is 1. The summed E-state index contributed by atoms with van der Waals surface area (Å²) in [5.41, 5.74) is 5.64. The molecule has 150 valence electrons. The highest BCUT2D eigenvalue weighted by molar-refractivity contribution is 6.13. The summed E-state index contributed by atoms with van der Waals surface area (Å²) in [7, 11) is 2.07. The van der Waals surface area contributed by atoms with E-state index in [2.05, 4.69) is 33.3 Å². The van der Waals surface area contributed by atoms with Gasteiger partial charge in [-0.1, -0.05) is 12.1 Å². The summed E-state index contributed by atoms with van der Waals surface area (Å²) in [6.07, 6.45) is 5.31. The first-order valence-corrected chi connectivity index (χ1v) is 9.97. The molecule has 2 N–H and O–H groups in total. The second-order valence-corrected chi connectivity index (χ2v) is 7.63. The monoisotopic (exact) mass is 400 g/mol. The molecule has 0 aliphatic carbocycles. The molecule has 2 aromatic heterocycles. The largest absolute Gasteiger partial charge is 0.374 e. The van der Waals surface area contributed by atoms with Crippen molar-refractivity contribution < 1.29 is 9.18 Å². The summed E-state index contributed by atoms with van der Waals surface area (Å²) in [6, 6.07) is 14.9. The first-order valence-electron chi connectivity index (χ1n) is 9.97. The van der Waals surface area contributed by atoms with Crippen LogP contribution < -0.4 is 10.2 Å². The summed E-state index contributed by atoms with van der Waals surface area (Å²) in [5.74, 6) is -0.736. The number of anilines is 2. The van der Waals surface area contributed by atoms with Crippen molar-refractivity contribution in [1.29, 1.82) is 0 Å². The van der Waals surface area contributed by atoms with Crippen LogP contribution in [0, 0.1) is 5.95 Å². The van der Waals surface area contributed by atoms with Crippen LogP contribution in [0.5, 0.6) is 0 Å². The van der Waals surface area contributed by atoms with E-state index in [4.69, 9.17) is 0 Å². The molecule has 0 unspecified atom stereocenters. The van der Waals surface area contributed by atoms with Crippen molar-refractivity contribution >= 4 is 28.2 Å². The van der Waals surface area contributed by atoms with E-state index < -0.39 is 5.95 Å². The molecular formula is C24H21FN4O. The van der Waals surface area contributed by atoms with Crippen LogP contribution in [0.3, 0.4) is 0 Å². The molecule has 30 heavy (non-hydrogen) atoms. The third-order valence-electron chi connectivity index (χ3n) is 5.69. The number of aryl methyl sites for hydroxylation is 1. The summed E-state index contributed by atoms with van der Waals surface area (Å²) < 4.78 is 14.1. The second kappa shape index (κ2) is 7.30. The molecule has 0 bridgehead atoms. The molecular weight excluding hydrogens is 379 g/mol. The van der Waals surface area contributed by atoms with Gasteiger partial charge in [-0.3, -0.25) is 4.79 Å². The lowest BCUT2D eigenvalue weighted by atomic mass is 10.0. The van der Waals surface area contributed by atoms with Gasteiger partial charge in [-0.15, -0.1) is 0 Å². The Bertz CT molecular complexity index is 1260. The van der Waals surface area contributed by atoms with Gasteiger partial charge in [0.25, 0.3) is 5.91 Å². The summed E-state index contributed by atoms with van der Waals surface area (Å²) >= 11 is 0. The maximum absolute atomic E-state index is 14.1. The van der Waals surface area contributed by atoms with E-state index in [1.54, 1.807) is 18.3 Å². The van der Waals surface area contributed by atoms with E-state index >= 15 is 0 Å². The van der Waals surface area contributed by atoms with Gasteiger partial charge in [-0.2, -0.15) is 4.39 Å². The Morgan fingerprint density at radius 3 is 2.97 bits per heavy atom. The molecule has 6 heteroatoms. The maximum Gasteiger partial charge on any atom is 0.257 e. The number of nitrogens with one attached hydrogen (secondary N) is 2. The Balaban J connectivity index is 1.47. The Morgan fingerprint density at radius 1 is 1.20 bits per heavy atom. The number of aromatic nitrogens is 2. The average molecular weight is 400 g/mol. The Hall–Kier alpha value is -3.67. The zero-order valence-corrected chi connectivity index (χ0v) is 16.6. The fourth-order valence-corrected chi connectivity index (χ4v) is 4.11. The molecule has 0 atom stereocenters. The number of benzene rings is 2. The van der Waals surface area contributed by atoms with Gasteiger partial charge in [0, 0.05) is 53.8 Å². The summed E-state index contributed by atoms with van der Waals surface area (Å²) in [5, 5.41) is 3.74. The first kappa shape index (κ1) is 18.4. The Kier molecular flexibility index (Phi) is 4.47. The van der Waals surface area contributed by atoms with Crippen LogP contribution in [0.4, 0.5) is 15.8 Å². The predicted molar refractivity (Wildman–Crippen MR) is 117 cm³/mol. The molecule has 5 rings (SSSR count). The van der Waals surface area contributed by atoms with Crippen molar-refractivity contribution in [3.63, 3.8) is 0 Å². The van der Waals surface area contributed by atoms with Crippen LogP contribution in [0.15, 0.2) is 60.9 Å². The smallest absolute Gasteiger partial charge is 0.257 e. The topological polar surface area (TPSA) is 61.0 Å². The molecule has 0 saturated carbocycles. The first-order chi connectivity index (χ1) is 14.6. The van der Waals surface area contributed by atoms with E-state index in [9.17, 15) is 9.18 Å².